The molecule has 11 heteroatoms. The minimum Gasteiger partial charge on any atom is -0.339 e. The van der Waals surface area contributed by atoms with Crippen LogP contribution >= 0.6 is 0 Å². The van der Waals surface area contributed by atoms with Crippen molar-refractivity contribution in [2.45, 2.75) is 30.6 Å². The number of nitrogens with one attached hydrogen (secondary N) is 1. The van der Waals surface area contributed by atoms with E-state index >= 15 is 0 Å². The van der Waals surface area contributed by atoms with E-state index in [1.165, 1.54) is 4.31 Å². The number of hydrogen-bond acceptors (Lipinski definition) is 7. The van der Waals surface area contributed by atoms with E-state index in [0.29, 0.717) is 35.9 Å². The van der Waals surface area contributed by atoms with E-state index in [0.717, 1.165) is 18.2 Å². The zero-order chi connectivity index (χ0) is 22.9. The standard InChI is InChI=1S/C21H24N4O5S2/c1-15-5-11-19(12-6-15)32(28,29)25-13-3-4-17(14-25)21-22-20(23-30-21)16-7-9-18(10-8-16)24-31(2,26)27/h5-12,17,24H,3-4,13-14H2,1-2H3/t17-/m0/s1. The average Bonchev–Trinajstić information content (AvgIpc) is 3.24. The molecule has 1 aliphatic heterocycles. The van der Waals surface area contributed by atoms with Gasteiger partial charge in [0.05, 0.1) is 17.1 Å². The maximum absolute atomic E-state index is 13.0. The lowest BCUT2D eigenvalue weighted by Crippen LogP contribution is -2.39. The molecule has 2 aromatic carbocycles. The van der Waals surface area contributed by atoms with E-state index in [1.54, 1.807) is 48.5 Å². The number of rotatable bonds is 6. The Morgan fingerprint density at radius 1 is 1.03 bits per heavy atom. The van der Waals surface area contributed by atoms with E-state index in [1.807, 2.05) is 6.92 Å². The number of anilines is 1. The molecule has 32 heavy (non-hydrogen) atoms. The number of piperidine rings is 1. The molecule has 1 aliphatic rings. The third kappa shape index (κ3) is 5.00. The van der Waals surface area contributed by atoms with Gasteiger partial charge in [0, 0.05) is 24.3 Å². The molecule has 4 rings (SSSR count). The molecule has 2 heterocycles. The molecule has 3 aromatic rings. The minimum absolute atomic E-state index is 0.198. The molecule has 1 aromatic heterocycles. The van der Waals surface area contributed by atoms with Crippen molar-refractivity contribution in [3.63, 3.8) is 0 Å². The van der Waals surface area contributed by atoms with Gasteiger partial charge >= 0.3 is 0 Å². The van der Waals surface area contributed by atoms with Crippen molar-refractivity contribution in [2.75, 3.05) is 24.1 Å². The first kappa shape index (κ1) is 22.4. The molecule has 0 saturated carbocycles. The SMILES string of the molecule is Cc1ccc(S(=O)(=O)N2CCC[C@H](c3nc(-c4ccc(NS(C)(=O)=O)cc4)no3)C2)cc1. The molecule has 1 N–H and O–H groups in total. The van der Waals surface area contributed by atoms with Gasteiger partial charge in [-0.2, -0.15) is 9.29 Å². The summed E-state index contributed by atoms with van der Waals surface area (Å²) in [4.78, 5) is 4.75. The quantitative estimate of drug-likeness (QED) is 0.580. The highest BCUT2D eigenvalue weighted by atomic mass is 32.2. The first-order valence-electron chi connectivity index (χ1n) is 10.1. The van der Waals surface area contributed by atoms with Crippen molar-refractivity contribution in [1.82, 2.24) is 14.4 Å². The molecule has 170 valence electrons. The van der Waals surface area contributed by atoms with E-state index in [-0.39, 0.29) is 17.4 Å². The van der Waals surface area contributed by atoms with Crippen molar-refractivity contribution in [1.29, 1.82) is 0 Å². The predicted molar refractivity (Wildman–Crippen MR) is 120 cm³/mol. The summed E-state index contributed by atoms with van der Waals surface area (Å²) in [6, 6.07) is 13.4. The van der Waals surface area contributed by atoms with Gasteiger partial charge in [0.15, 0.2) is 0 Å². The summed E-state index contributed by atoms with van der Waals surface area (Å²) in [5.74, 6) is 0.558. The van der Waals surface area contributed by atoms with Gasteiger partial charge in [-0.3, -0.25) is 4.72 Å². The van der Waals surface area contributed by atoms with Crippen LogP contribution in [-0.2, 0) is 20.0 Å². The lowest BCUT2D eigenvalue weighted by atomic mass is 10.00. The fraction of sp³-hybridized carbons (Fsp3) is 0.333. The number of aromatic nitrogens is 2. The van der Waals surface area contributed by atoms with E-state index < -0.39 is 20.0 Å². The van der Waals surface area contributed by atoms with Gasteiger partial charge in [0.25, 0.3) is 0 Å². The molecule has 1 saturated heterocycles. The minimum atomic E-state index is -3.60. The Morgan fingerprint density at radius 3 is 2.38 bits per heavy atom. The van der Waals surface area contributed by atoms with Gasteiger partial charge in [-0.15, -0.1) is 0 Å². The van der Waals surface area contributed by atoms with Crippen LogP contribution in [0.5, 0.6) is 0 Å². The Labute approximate surface area is 187 Å². The van der Waals surface area contributed by atoms with Gasteiger partial charge in [-0.25, -0.2) is 16.8 Å². The summed E-state index contributed by atoms with van der Waals surface area (Å²) in [5, 5.41) is 4.03. The van der Waals surface area contributed by atoms with E-state index in [2.05, 4.69) is 14.9 Å². The fourth-order valence-electron chi connectivity index (χ4n) is 3.64. The molecule has 0 amide bonds. The number of sulfonamides is 2. The topological polar surface area (TPSA) is 122 Å². The van der Waals surface area contributed by atoms with Gasteiger partial charge in [-0.1, -0.05) is 22.9 Å². The van der Waals surface area contributed by atoms with Gasteiger partial charge < -0.3 is 4.52 Å². The molecular weight excluding hydrogens is 452 g/mol. The first-order valence-corrected chi connectivity index (χ1v) is 13.4. The molecule has 0 aliphatic carbocycles. The second-order valence-corrected chi connectivity index (χ2v) is 11.6. The Kier molecular flexibility index (Phi) is 6.06. The molecule has 0 radical (unpaired) electrons. The number of hydrogen-bond donors (Lipinski definition) is 1. The molecular formula is C21H24N4O5S2. The highest BCUT2D eigenvalue weighted by Crippen LogP contribution is 2.31. The lowest BCUT2D eigenvalue weighted by molar-refractivity contribution is 0.265. The summed E-state index contributed by atoms with van der Waals surface area (Å²) in [7, 11) is -6.96. The normalized spacial score (nSPS) is 17.9. The van der Waals surface area contributed by atoms with Gasteiger partial charge in [-0.05, 0) is 56.2 Å². The summed E-state index contributed by atoms with van der Waals surface area (Å²) < 4.78 is 58.1. The van der Waals surface area contributed by atoms with Crippen LogP contribution in [0.25, 0.3) is 11.4 Å². The first-order chi connectivity index (χ1) is 15.1. The number of nitrogens with zero attached hydrogens (tertiary/aromatic N) is 3. The van der Waals surface area contributed by atoms with Gasteiger partial charge in [0.2, 0.25) is 31.8 Å². The molecule has 9 nitrogen and oxygen atoms in total. The zero-order valence-electron chi connectivity index (χ0n) is 17.7. The number of benzene rings is 2. The van der Waals surface area contributed by atoms with Crippen LogP contribution in [0.15, 0.2) is 57.9 Å². The second kappa shape index (κ2) is 8.64. The zero-order valence-corrected chi connectivity index (χ0v) is 19.4. The predicted octanol–water partition coefficient (Wildman–Crippen LogP) is 2.98. The summed E-state index contributed by atoms with van der Waals surface area (Å²) in [6.07, 6.45) is 2.52. The highest BCUT2D eigenvalue weighted by Gasteiger charge is 2.33. The lowest BCUT2D eigenvalue weighted by Gasteiger charge is -2.30. The largest absolute Gasteiger partial charge is 0.339 e. The second-order valence-electron chi connectivity index (χ2n) is 7.92. The van der Waals surface area contributed by atoms with Crippen molar-refractivity contribution in [3.8, 4) is 11.4 Å². The fourth-order valence-corrected chi connectivity index (χ4v) is 5.73. The Morgan fingerprint density at radius 2 is 1.72 bits per heavy atom. The van der Waals surface area contributed by atoms with E-state index in [4.69, 9.17) is 4.52 Å². The average molecular weight is 477 g/mol. The summed E-state index contributed by atoms with van der Waals surface area (Å²) in [5.41, 5.74) is 2.10. The highest BCUT2D eigenvalue weighted by molar-refractivity contribution is 7.92. The molecule has 1 fully saturated rings. The van der Waals surface area contributed by atoms with Crippen LogP contribution in [0.3, 0.4) is 0 Å². The van der Waals surface area contributed by atoms with Crippen LogP contribution in [0, 0.1) is 6.92 Å². The maximum Gasteiger partial charge on any atom is 0.243 e. The molecule has 0 unspecified atom stereocenters. The third-order valence-electron chi connectivity index (χ3n) is 5.28. The van der Waals surface area contributed by atoms with Crippen molar-refractivity contribution in [2.24, 2.45) is 0 Å². The molecule has 0 bridgehead atoms. The van der Waals surface area contributed by atoms with Gasteiger partial charge in [0.1, 0.15) is 0 Å². The monoisotopic (exact) mass is 476 g/mol. The Bertz CT molecular complexity index is 1300. The summed E-state index contributed by atoms with van der Waals surface area (Å²) in [6.45, 7) is 2.63. The van der Waals surface area contributed by atoms with Crippen LogP contribution in [-0.4, -0.2) is 50.6 Å². The van der Waals surface area contributed by atoms with Crippen LogP contribution in [0.4, 0.5) is 5.69 Å². The third-order valence-corrected chi connectivity index (χ3v) is 7.77. The Hall–Kier alpha value is -2.76. The summed E-state index contributed by atoms with van der Waals surface area (Å²) >= 11 is 0. The van der Waals surface area contributed by atoms with Crippen LogP contribution in [0.1, 0.15) is 30.2 Å². The number of aryl methyl sites for hydroxylation is 1. The van der Waals surface area contributed by atoms with Crippen molar-refractivity contribution < 1.29 is 21.4 Å². The van der Waals surface area contributed by atoms with Crippen LogP contribution < -0.4 is 4.72 Å². The molecule has 1 atom stereocenters. The van der Waals surface area contributed by atoms with E-state index in [9.17, 15) is 16.8 Å². The smallest absolute Gasteiger partial charge is 0.243 e. The molecule has 0 spiro atoms. The maximum atomic E-state index is 13.0. The van der Waals surface area contributed by atoms with Crippen molar-refractivity contribution >= 4 is 25.7 Å². The van der Waals surface area contributed by atoms with Crippen LogP contribution in [0.2, 0.25) is 0 Å². The van der Waals surface area contributed by atoms with Crippen molar-refractivity contribution in [3.05, 3.63) is 60.0 Å². The Balaban J connectivity index is 1.50.